The molecule has 0 saturated heterocycles. The molecule has 1 aromatic heterocycles. The third-order valence-electron chi connectivity index (χ3n) is 2.89. The summed E-state index contributed by atoms with van der Waals surface area (Å²) in [5.74, 6) is -0.00319. The lowest BCUT2D eigenvalue weighted by Crippen LogP contribution is -2.40. The average Bonchev–Trinajstić information content (AvgIpc) is 2.92. The average molecular weight is 254 g/mol. The maximum absolute atomic E-state index is 11.8. The zero-order valence-electron chi connectivity index (χ0n) is 8.86. The van der Waals surface area contributed by atoms with Crippen LogP contribution < -0.4 is 11.1 Å². The number of hydrogen-bond acceptors (Lipinski definition) is 3. The second kappa shape index (κ2) is 4.51. The normalized spacial score (nSPS) is 16.8. The molecular weight excluding hydrogens is 240 g/mol. The molecular formula is C11H14N2OS2. The van der Waals surface area contributed by atoms with Gasteiger partial charge in [-0.15, -0.1) is 11.3 Å². The van der Waals surface area contributed by atoms with Crippen molar-refractivity contribution in [2.24, 2.45) is 11.1 Å². The molecule has 5 heteroatoms. The Bertz CT molecular complexity index is 396. The van der Waals surface area contributed by atoms with Crippen molar-refractivity contribution >= 4 is 34.5 Å². The highest BCUT2D eigenvalue weighted by Gasteiger charge is 2.52. The van der Waals surface area contributed by atoms with Crippen LogP contribution in [-0.2, 0) is 11.2 Å². The van der Waals surface area contributed by atoms with Crippen molar-refractivity contribution < 1.29 is 4.79 Å². The number of thiophene rings is 1. The van der Waals surface area contributed by atoms with Gasteiger partial charge in [-0.05, 0) is 30.7 Å². The first kappa shape index (κ1) is 11.5. The Morgan fingerprint density at radius 3 is 2.88 bits per heavy atom. The van der Waals surface area contributed by atoms with Gasteiger partial charge in [-0.2, -0.15) is 0 Å². The van der Waals surface area contributed by atoms with E-state index in [2.05, 4.69) is 11.4 Å². The van der Waals surface area contributed by atoms with Gasteiger partial charge >= 0.3 is 0 Å². The molecule has 86 valence electrons. The minimum Gasteiger partial charge on any atom is -0.392 e. The number of hydrogen-bond donors (Lipinski definition) is 2. The van der Waals surface area contributed by atoms with Crippen LogP contribution in [0.1, 0.15) is 17.7 Å². The molecule has 0 bridgehead atoms. The summed E-state index contributed by atoms with van der Waals surface area (Å²) >= 11 is 6.62. The number of nitrogens with two attached hydrogens (primary N) is 1. The lowest BCUT2D eigenvalue weighted by atomic mass is 10.1. The maximum atomic E-state index is 11.8. The van der Waals surface area contributed by atoms with E-state index >= 15 is 0 Å². The summed E-state index contributed by atoms with van der Waals surface area (Å²) in [6.45, 7) is 0.656. The minimum absolute atomic E-state index is 0.00319. The van der Waals surface area contributed by atoms with Gasteiger partial charge < -0.3 is 11.1 Å². The van der Waals surface area contributed by atoms with Crippen molar-refractivity contribution in [3.63, 3.8) is 0 Å². The zero-order valence-corrected chi connectivity index (χ0v) is 10.5. The smallest absolute Gasteiger partial charge is 0.233 e. The van der Waals surface area contributed by atoms with Gasteiger partial charge in [-0.1, -0.05) is 18.3 Å². The van der Waals surface area contributed by atoms with Gasteiger partial charge in [0.25, 0.3) is 0 Å². The lowest BCUT2D eigenvalue weighted by molar-refractivity contribution is -0.123. The first-order chi connectivity index (χ1) is 7.65. The van der Waals surface area contributed by atoms with Crippen LogP contribution in [0.3, 0.4) is 0 Å². The van der Waals surface area contributed by atoms with Crippen LogP contribution >= 0.6 is 23.6 Å². The highest BCUT2D eigenvalue weighted by atomic mass is 32.1. The molecule has 1 aromatic rings. The van der Waals surface area contributed by atoms with Gasteiger partial charge in [0.2, 0.25) is 5.91 Å². The van der Waals surface area contributed by atoms with Crippen LogP contribution in [0.4, 0.5) is 0 Å². The van der Waals surface area contributed by atoms with Crippen LogP contribution in [0, 0.1) is 5.41 Å². The molecule has 0 unspecified atom stereocenters. The van der Waals surface area contributed by atoms with Crippen LogP contribution in [0.2, 0.25) is 0 Å². The molecule has 0 radical (unpaired) electrons. The zero-order chi connectivity index (χ0) is 11.6. The Kier molecular flexibility index (Phi) is 3.25. The van der Waals surface area contributed by atoms with E-state index in [-0.39, 0.29) is 5.91 Å². The summed E-state index contributed by atoms with van der Waals surface area (Å²) in [6.07, 6.45) is 2.47. The van der Waals surface area contributed by atoms with Gasteiger partial charge in [-0.25, -0.2) is 0 Å². The molecule has 0 aromatic carbocycles. The molecule has 0 aliphatic heterocycles. The highest BCUT2D eigenvalue weighted by molar-refractivity contribution is 7.80. The number of thiocarbonyl (C=S) groups is 1. The van der Waals surface area contributed by atoms with Crippen LogP contribution in [0.5, 0.6) is 0 Å². The SMILES string of the molecule is NC(=S)C1(C(=O)NCCc2cccs2)CC1. The Morgan fingerprint density at radius 2 is 2.38 bits per heavy atom. The number of amides is 1. The summed E-state index contributed by atoms with van der Waals surface area (Å²) < 4.78 is 0. The third kappa shape index (κ3) is 2.25. The second-order valence-corrected chi connectivity index (χ2v) is 5.50. The predicted molar refractivity (Wildman–Crippen MR) is 69.5 cm³/mol. The number of carbonyl (C=O) groups excluding carboxylic acids is 1. The van der Waals surface area contributed by atoms with Crippen molar-refractivity contribution in [1.82, 2.24) is 5.32 Å². The molecule has 1 saturated carbocycles. The molecule has 2 rings (SSSR count). The van der Waals surface area contributed by atoms with Gasteiger partial charge in [0.05, 0.1) is 10.4 Å². The summed E-state index contributed by atoms with van der Waals surface area (Å²) in [6, 6.07) is 4.08. The monoisotopic (exact) mass is 254 g/mol. The Morgan fingerprint density at radius 1 is 1.62 bits per heavy atom. The third-order valence-corrected chi connectivity index (χ3v) is 4.22. The van der Waals surface area contributed by atoms with Crippen molar-refractivity contribution in [1.29, 1.82) is 0 Å². The minimum atomic E-state index is -0.523. The Labute approximate surface area is 104 Å². The van der Waals surface area contributed by atoms with Crippen molar-refractivity contribution in [3.05, 3.63) is 22.4 Å². The molecule has 16 heavy (non-hydrogen) atoms. The fraction of sp³-hybridized carbons (Fsp3) is 0.455. The molecule has 0 spiro atoms. The molecule has 1 amide bonds. The van der Waals surface area contributed by atoms with E-state index in [9.17, 15) is 4.79 Å². The van der Waals surface area contributed by atoms with Gasteiger partial charge in [0.1, 0.15) is 0 Å². The summed E-state index contributed by atoms with van der Waals surface area (Å²) in [5.41, 5.74) is 5.05. The second-order valence-electron chi connectivity index (χ2n) is 4.03. The molecule has 1 aliphatic rings. The fourth-order valence-electron chi connectivity index (χ4n) is 1.63. The number of carbonyl (C=O) groups is 1. The van der Waals surface area contributed by atoms with Gasteiger partial charge in [-0.3, -0.25) is 4.79 Å². The van der Waals surface area contributed by atoms with E-state index in [1.165, 1.54) is 4.88 Å². The highest BCUT2D eigenvalue weighted by Crippen LogP contribution is 2.46. The standard InChI is InChI=1S/C11H14N2OS2/c12-9(15)11(4-5-11)10(14)13-6-3-8-2-1-7-16-8/h1-2,7H,3-6H2,(H2,12,15)(H,13,14). The predicted octanol–water partition coefficient (Wildman–Crippen LogP) is 1.47. The van der Waals surface area contributed by atoms with Gasteiger partial charge in [0, 0.05) is 11.4 Å². The Hall–Kier alpha value is -0.940. The van der Waals surface area contributed by atoms with E-state index in [4.69, 9.17) is 18.0 Å². The van der Waals surface area contributed by atoms with Crippen molar-refractivity contribution in [2.75, 3.05) is 6.54 Å². The van der Waals surface area contributed by atoms with Crippen molar-refractivity contribution in [2.45, 2.75) is 19.3 Å². The van der Waals surface area contributed by atoms with E-state index in [1.54, 1.807) is 11.3 Å². The molecule has 1 heterocycles. The maximum Gasteiger partial charge on any atom is 0.233 e. The van der Waals surface area contributed by atoms with Gasteiger partial charge in [0.15, 0.2) is 0 Å². The molecule has 3 N–H and O–H groups in total. The van der Waals surface area contributed by atoms with Crippen molar-refractivity contribution in [3.8, 4) is 0 Å². The van der Waals surface area contributed by atoms with E-state index in [1.807, 2.05) is 11.4 Å². The molecule has 0 atom stereocenters. The van der Waals surface area contributed by atoms with E-state index in [0.29, 0.717) is 11.5 Å². The van der Waals surface area contributed by atoms with Crippen LogP contribution in [0.15, 0.2) is 17.5 Å². The molecule has 3 nitrogen and oxygen atoms in total. The van der Waals surface area contributed by atoms with Crippen LogP contribution in [-0.4, -0.2) is 17.4 Å². The van der Waals surface area contributed by atoms with E-state index in [0.717, 1.165) is 19.3 Å². The number of rotatable bonds is 5. The summed E-state index contributed by atoms with van der Waals surface area (Å²) in [4.78, 5) is 13.4. The lowest BCUT2D eigenvalue weighted by Gasteiger charge is -2.13. The molecule has 1 aliphatic carbocycles. The van der Waals surface area contributed by atoms with E-state index < -0.39 is 5.41 Å². The summed E-state index contributed by atoms with van der Waals surface area (Å²) in [5, 5.41) is 4.94. The molecule has 1 fully saturated rings. The fourth-order valence-corrected chi connectivity index (χ4v) is 2.64. The number of nitrogens with one attached hydrogen (secondary N) is 1. The first-order valence-corrected chi connectivity index (χ1v) is 6.54. The Balaban J connectivity index is 1.79. The summed E-state index contributed by atoms with van der Waals surface area (Å²) in [7, 11) is 0. The topological polar surface area (TPSA) is 55.1 Å². The van der Waals surface area contributed by atoms with Crippen LogP contribution in [0.25, 0.3) is 0 Å². The quantitative estimate of drug-likeness (QED) is 0.782. The largest absolute Gasteiger partial charge is 0.392 e. The first-order valence-electron chi connectivity index (χ1n) is 5.26.